The first kappa shape index (κ1) is 44.4. The molecule has 0 fully saturated rings. The van der Waals surface area contributed by atoms with Crippen molar-refractivity contribution in [3.63, 3.8) is 0 Å². The molecule has 0 aromatic carbocycles. The van der Waals surface area contributed by atoms with Gasteiger partial charge in [0.1, 0.15) is 6.10 Å². The van der Waals surface area contributed by atoms with Crippen molar-refractivity contribution in [3.05, 3.63) is 24.3 Å². The Bertz CT molecular complexity index is 698. The average molecular weight is 647 g/mol. The Kier molecular flexibility index (Phi) is 36.6. The summed E-state index contributed by atoms with van der Waals surface area (Å²) in [6, 6.07) is 0. The molecular weight excluding hydrogens is 568 g/mol. The number of hydrogen-bond donors (Lipinski definition) is 1. The van der Waals surface area contributed by atoms with Gasteiger partial charge < -0.3 is 9.84 Å². The molecule has 0 aliphatic rings. The number of rotatable bonds is 37. The summed E-state index contributed by atoms with van der Waals surface area (Å²) < 4.78 is 5.95. The standard InChI is InChI=1S/C42H78O4/c1-3-5-7-8-9-10-11-12-13-14-15-16-17-18-19-20-21-25-28-31-35-39-42(45)46-40(36-32-6-4-2)37-33-29-26-23-22-24-27-30-34-38-41(43)44/h9-10,12-13,40H,3-8,11,14-39H2,1-2H3,(H,43,44)/b10-9-,13-12-. The largest absolute Gasteiger partial charge is 0.481 e. The summed E-state index contributed by atoms with van der Waals surface area (Å²) in [7, 11) is 0. The van der Waals surface area contributed by atoms with Crippen molar-refractivity contribution in [1.29, 1.82) is 0 Å². The summed E-state index contributed by atoms with van der Waals surface area (Å²) in [5.41, 5.74) is 0. The fourth-order valence-electron chi connectivity index (χ4n) is 6.16. The predicted octanol–water partition coefficient (Wildman–Crippen LogP) is 14.0. The molecule has 0 saturated carbocycles. The molecule has 1 unspecified atom stereocenters. The molecule has 4 nitrogen and oxygen atoms in total. The molecule has 0 amide bonds. The van der Waals surface area contributed by atoms with Crippen LogP contribution in [0.15, 0.2) is 24.3 Å². The van der Waals surface area contributed by atoms with E-state index in [2.05, 4.69) is 38.2 Å². The smallest absolute Gasteiger partial charge is 0.306 e. The first-order valence-corrected chi connectivity index (χ1v) is 20.3. The van der Waals surface area contributed by atoms with Gasteiger partial charge in [0, 0.05) is 12.8 Å². The highest BCUT2D eigenvalue weighted by Crippen LogP contribution is 2.18. The minimum Gasteiger partial charge on any atom is -0.481 e. The van der Waals surface area contributed by atoms with E-state index in [9.17, 15) is 9.59 Å². The van der Waals surface area contributed by atoms with Gasteiger partial charge in [0.15, 0.2) is 0 Å². The van der Waals surface area contributed by atoms with E-state index in [4.69, 9.17) is 9.84 Å². The molecule has 0 bridgehead atoms. The lowest BCUT2D eigenvalue weighted by Crippen LogP contribution is -2.18. The van der Waals surface area contributed by atoms with Gasteiger partial charge >= 0.3 is 11.9 Å². The highest BCUT2D eigenvalue weighted by Gasteiger charge is 2.14. The molecule has 1 atom stereocenters. The third-order valence-corrected chi connectivity index (χ3v) is 9.18. The number of carboxylic acids is 1. The summed E-state index contributed by atoms with van der Waals surface area (Å²) in [5.74, 6) is -0.656. The number of hydrogen-bond acceptors (Lipinski definition) is 3. The molecule has 0 rings (SSSR count). The van der Waals surface area contributed by atoms with Gasteiger partial charge in [0.25, 0.3) is 0 Å². The van der Waals surface area contributed by atoms with Crippen LogP contribution in [0, 0.1) is 0 Å². The maximum atomic E-state index is 12.5. The number of carbonyl (C=O) groups excluding carboxylic acids is 1. The van der Waals surface area contributed by atoms with Crippen LogP contribution in [0.5, 0.6) is 0 Å². The summed E-state index contributed by atoms with van der Waals surface area (Å²) in [6.07, 6.45) is 48.1. The summed E-state index contributed by atoms with van der Waals surface area (Å²) in [4.78, 5) is 23.1. The lowest BCUT2D eigenvalue weighted by molar-refractivity contribution is -0.150. The molecule has 0 saturated heterocycles. The van der Waals surface area contributed by atoms with E-state index in [0.29, 0.717) is 12.8 Å². The van der Waals surface area contributed by atoms with Crippen LogP contribution < -0.4 is 0 Å². The van der Waals surface area contributed by atoms with E-state index in [1.54, 1.807) is 0 Å². The van der Waals surface area contributed by atoms with Gasteiger partial charge in [-0.15, -0.1) is 0 Å². The van der Waals surface area contributed by atoms with Gasteiger partial charge in [-0.1, -0.05) is 167 Å². The SMILES string of the molecule is CCCCC/C=C\C/C=C\CCCCCCCCCCCCCC(=O)OC(CCCCC)CCCCCCCCCCCC(=O)O. The highest BCUT2D eigenvalue weighted by molar-refractivity contribution is 5.69. The second-order valence-electron chi connectivity index (χ2n) is 13.8. The van der Waals surface area contributed by atoms with Crippen molar-refractivity contribution < 1.29 is 19.4 Å². The highest BCUT2D eigenvalue weighted by atomic mass is 16.5. The predicted molar refractivity (Wildman–Crippen MR) is 200 cm³/mol. The molecule has 0 spiro atoms. The Hall–Kier alpha value is -1.58. The average Bonchev–Trinajstić information content (AvgIpc) is 3.04. The zero-order valence-corrected chi connectivity index (χ0v) is 30.9. The van der Waals surface area contributed by atoms with E-state index >= 15 is 0 Å². The minimum atomic E-state index is -0.678. The maximum Gasteiger partial charge on any atom is 0.306 e. The molecule has 0 aromatic rings. The number of esters is 1. The number of aliphatic carboxylic acids is 1. The Balaban J connectivity index is 3.66. The normalized spacial score (nSPS) is 12.4. The van der Waals surface area contributed by atoms with Crippen LogP contribution in [-0.4, -0.2) is 23.1 Å². The first-order chi connectivity index (χ1) is 22.6. The second-order valence-corrected chi connectivity index (χ2v) is 13.8. The molecule has 4 heteroatoms. The van der Waals surface area contributed by atoms with Crippen LogP contribution in [0.1, 0.15) is 226 Å². The van der Waals surface area contributed by atoms with Crippen LogP contribution in [0.25, 0.3) is 0 Å². The lowest BCUT2D eigenvalue weighted by Gasteiger charge is -2.18. The third kappa shape index (κ3) is 36.9. The van der Waals surface area contributed by atoms with Crippen molar-refractivity contribution in [2.75, 3.05) is 0 Å². The van der Waals surface area contributed by atoms with Gasteiger partial charge in [-0.2, -0.15) is 0 Å². The van der Waals surface area contributed by atoms with Gasteiger partial charge in [0.2, 0.25) is 0 Å². The first-order valence-electron chi connectivity index (χ1n) is 20.3. The van der Waals surface area contributed by atoms with Gasteiger partial charge in [0.05, 0.1) is 0 Å². The molecule has 0 aromatic heterocycles. The van der Waals surface area contributed by atoms with Gasteiger partial charge in [-0.3, -0.25) is 9.59 Å². The van der Waals surface area contributed by atoms with Crippen LogP contribution in [0.4, 0.5) is 0 Å². The minimum absolute atomic E-state index is 0.0227. The molecule has 270 valence electrons. The quantitative estimate of drug-likeness (QED) is 0.0414. The number of carboxylic acid groups (broad SMARTS) is 1. The molecule has 46 heavy (non-hydrogen) atoms. The Morgan fingerprint density at radius 1 is 0.478 bits per heavy atom. The number of allylic oxidation sites excluding steroid dienone is 4. The molecule has 0 aliphatic carbocycles. The van der Waals surface area contributed by atoms with E-state index < -0.39 is 5.97 Å². The number of unbranched alkanes of at least 4 members (excludes halogenated alkanes) is 24. The van der Waals surface area contributed by atoms with Gasteiger partial charge in [-0.05, 0) is 70.6 Å². The van der Waals surface area contributed by atoms with Crippen molar-refractivity contribution in [3.8, 4) is 0 Å². The van der Waals surface area contributed by atoms with Crippen molar-refractivity contribution in [2.24, 2.45) is 0 Å². The molecule has 1 N–H and O–H groups in total. The Morgan fingerprint density at radius 3 is 1.33 bits per heavy atom. The zero-order chi connectivity index (χ0) is 33.6. The van der Waals surface area contributed by atoms with Crippen molar-refractivity contribution >= 4 is 11.9 Å². The van der Waals surface area contributed by atoms with Crippen LogP contribution in [0.3, 0.4) is 0 Å². The number of ether oxygens (including phenoxy) is 1. The van der Waals surface area contributed by atoms with Crippen LogP contribution in [0.2, 0.25) is 0 Å². The molecule has 0 radical (unpaired) electrons. The van der Waals surface area contributed by atoms with Crippen molar-refractivity contribution in [2.45, 2.75) is 232 Å². The maximum absolute atomic E-state index is 12.5. The molecular formula is C42H78O4. The van der Waals surface area contributed by atoms with E-state index in [1.807, 2.05) is 0 Å². The monoisotopic (exact) mass is 647 g/mol. The summed E-state index contributed by atoms with van der Waals surface area (Å²) >= 11 is 0. The van der Waals surface area contributed by atoms with Gasteiger partial charge in [-0.25, -0.2) is 0 Å². The zero-order valence-electron chi connectivity index (χ0n) is 30.9. The fraction of sp³-hybridized carbons (Fsp3) is 0.857. The van der Waals surface area contributed by atoms with Crippen LogP contribution >= 0.6 is 0 Å². The second kappa shape index (κ2) is 37.9. The third-order valence-electron chi connectivity index (χ3n) is 9.18. The molecule has 0 heterocycles. The van der Waals surface area contributed by atoms with Crippen molar-refractivity contribution in [1.82, 2.24) is 0 Å². The number of carbonyl (C=O) groups is 2. The van der Waals surface area contributed by atoms with E-state index in [-0.39, 0.29) is 12.1 Å². The Morgan fingerprint density at radius 2 is 0.848 bits per heavy atom. The molecule has 0 aliphatic heterocycles. The fourth-order valence-corrected chi connectivity index (χ4v) is 6.16. The topological polar surface area (TPSA) is 63.6 Å². The summed E-state index contributed by atoms with van der Waals surface area (Å²) in [6.45, 7) is 4.49. The lowest BCUT2D eigenvalue weighted by atomic mass is 10.0. The van der Waals surface area contributed by atoms with Crippen LogP contribution in [-0.2, 0) is 14.3 Å². The van der Waals surface area contributed by atoms with E-state index in [0.717, 1.165) is 64.2 Å². The summed E-state index contributed by atoms with van der Waals surface area (Å²) in [5, 5.41) is 8.70. The Labute approximate surface area is 287 Å². The van der Waals surface area contributed by atoms with E-state index in [1.165, 1.54) is 135 Å².